The minimum Gasteiger partial charge on any atom is -0.489 e. The molecule has 0 unspecified atom stereocenters. The van der Waals surface area contributed by atoms with Gasteiger partial charge in [-0.2, -0.15) is 5.26 Å². The molecule has 0 aromatic heterocycles. The van der Waals surface area contributed by atoms with Gasteiger partial charge in [0.25, 0.3) is 5.91 Å². The van der Waals surface area contributed by atoms with Crippen molar-refractivity contribution in [3.63, 3.8) is 0 Å². The van der Waals surface area contributed by atoms with E-state index < -0.39 is 0 Å². The third-order valence-electron chi connectivity index (χ3n) is 4.02. The average Bonchev–Trinajstić information content (AvgIpc) is 2.72. The molecular weight excluding hydrogens is 324 g/mol. The molecule has 0 aliphatic heterocycles. The number of carbonyl (C=O) groups is 1. The van der Waals surface area contributed by atoms with Crippen molar-refractivity contribution in [1.82, 2.24) is 5.32 Å². The molecule has 4 heteroatoms. The van der Waals surface area contributed by atoms with Gasteiger partial charge in [0.05, 0.1) is 11.6 Å². The number of carbonyl (C=O) groups excluding carboxylic acids is 1. The third-order valence-corrected chi connectivity index (χ3v) is 4.02. The molecule has 0 aliphatic carbocycles. The van der Waals surface area contributed by atoms with Gasteiger partial charge in [-0.25, -0.2) is 0 Å². The van der Waals surface area contributed by atoms with Crippen molar-refractivity contribution < 1.29 is 9.53 Å². The molecule has 0 radical (unpaired) electrons. The number of ether oxygens (including phenoxy) is 1. The van der Waals surface area contributed by atoms with E-state index in [1.54, 1.807) is 25.2 Å². The van der Waals surface area contributed by atoms with Crippen LogP contribution in [0.15, 0.2) is 72.8 Å². The van der Waals surface area contributed by atoms with Gasteiger partial charge < -0.3 is 10.1 Å². The first-order chi connectivity index (χ1) is 12.7. The Bertz CT molecular complexity index is 939. The minimum atomic E-state index is -0.112. The molecule has 3 rings (SSSR count). The van der Waals surface area contributed by atoms with E-state index >= 15 is 0 Å². The summed E-state index contributed by atoms with van der Waals surface area (Å²) in [4.78, 5) is 11.7. The van der Waals surface area contributed by atoms with Crippen molar-refractivity contribution in [3.05, 3.63) is 89.5 Å². The lowest BCUT2D eigenvalue weighted by molar-refractivity contribution is 0.0963. The van der Waals surface area contributed by atoms with E-state index in [0.717, 1.165) is 22.4 Å². The Kier molecular flexibility index (Phi) is 5.31. The number of benzene rings is 3. The smallest absolute Gasteiger partial charge is 0.251 e. The summed E-state index contributed by atoms with van der Waals surface area (Å²) >= 11 is 0. The van der Waals surface area contributed by atoms with E-state index in [1.165, 1.54) is 0 Å². The van der Waals surface area contributed by atoms with Crippen LogP contribution in [0.4, 0.5) is 0 Å². The average molecular weight is 342 g/mol. The number of nitrogens with zero attached hydrogens (tertiary/aromatic N) is 1. The highest BCUT2D eigenvalue weighted by Gasteiger charge is 2.04. The van der Waals surface area contributed by atoms with Crippen molar-refractivity contribution in [2.45, 2.75) is 6.61 Å². The fourth-order valence-corrected chi connectivity index (χ4v) is 2.59. The van der Waals surface area contributed by atoms with Crippen LogP contribution in [0.1, 0.15) is 21.5 Å². The molecule has 0 heterocycles. The second kappa shape index (κ2) is 8.00. The Morgan fingerprint density at radius 3 is 2.27 bits per heavy atom. The van der Waals surface area contributed by atoms with E-state index in [1.807, 2.05) is 54.6 Å². The fourth-order valence-electron chi connectivity index (χ4n) is 2.59. The van der Waals surface area contributed by atoms with Crippen molar-refractivity contribution in [2.24, 2.45) is 0 Å². The molecule has 0 bridgehead atoms. The molecule has 26 heavy (non-hydrogen) atoms. The van der Waals surface area contributed by atoms with Crippen LogP contribution < -0.4 is 10.1 Å². The first-order valence-corrected chi connectivity index (χ1v) is 8.24. The predicted octanol–water partition coefficient (Wildman–Crippen LogP) is 4.16. The maximum Gasteiger partial charge on any atom is 0.251 e. The molecule has 0 saturated carbocycles. The zero-order valence-corrected chi connectivity index (χ0v) is 14.4. The second-order valence-electron chi connectivity index (χ2n) is 5.78. The van der Waals surface area contributed by atoms with Crippen LogP contribution >= 0.6 is 0 Å². The van der Waals surface area contributed by atoms with Gasteiger partial charge in [-0.1, -0.05) is 36.4 Å². The Hall–Kier alpha value is -3.58. The number of nitriles is 1. The SMILES string of the molecule is CNC(=O)c1cccc(COc2ccc(-c3ccc(C#N)cc3)cc2)c1. The molecule has 1 amide bonds. The predicted molar refractivity (Wildman–Crippen MR) is 101 cm³/mol. The van der Waals surface area contributed by atoms with Crippen LogP contribution in [0.25, 0.3) is 11.1 Å². The molecule has 4 nitrogen and oxygen atoms in total. The zero-order chi connectivity index (χ0) is 18.4. The second-order valence-corrected chi connectivity index (χ2v) is 5.78. The highest BCUT2D eigenvalue weighted by atomic mass is 16.5. The Labute approximate surface area is 152 Å². The van der Waals surface area contributed by atoms with E-state index in [9.17, 15) is 4.79 Å². The maximum atomic E-state index is 11.7. The molecule has 0 aliphatic rings. The largest absolute Gasteiger partial charge is 0.489 e. The first kappa shape index (κ1) is 17.2. The van der Waals surface area contributed by atoms with Gasteiger partial charge >= 0.3 is 0 Å². The Morgan fingerprint density at radius 2 is 1.65 bits per heavy atom. The van der Waals surface area contributed by atoms with Crippen molar-refractivity contribution in [3.8, 4) is 22.9 Å². The van der Waals surface area contributed by atoms with Crippen molar-refractivity contribution >= 4 is 5.91 Å². The van der Waals surface area contributed by atoms with E-state index in [0.29, 0.717) is 17.7 Å². The molecule has 128 valence electrons. The van der Waals surface area contributed by atoms with Gasteiger partial charge in [-0.05, 0) is 53.1 Å². The maximum absolute atomic E-state index is 11.7. The highest BCUT2D eigenvalue weighted by Crippen LogP contribution is 2.23. The summed E-state index contributed by atoms with van der Waals surface area (Å²) in [6.45, 7) is 0.390. The van der Waals surface area contributed by atoms with Crippen LogP contribution in [0.5, 0.6) is 5.75 Å². The number of hydrogen-bond acceptors (Lipinski definition) is 3. The Morgan fingerprint density at radius 1 is 1.00 bits per heavy atom. The summed E-state index contributed by atoms with van der Waals surface area (Å²) < 4.78 is 5.81. The van der Waals surface area contributed by atoms with Crippen LogP contribution in [-0.4, -0.2) is 13.0 Å². The normalized spacial score (nSPS) is 10.0. The summed E-state index contributed by atoms with van der Waals surface area (Å²) in [5.74, 6) is 0.645. The van der Waals surface area contributed by atoms with Crippen LogP contribution in [-0.2, 0) is 6.61 Å². The number of hydrogen-bond donors (Lipinski definition) is 1. The number of nitrogens with one attached hydrogen (secondary N) is 1. The molecule has 0 fully saturated rings. The summed E-state index contributed by atoms with van der Waals surface area (Å²) in [5.41, 5.74) is 4.30. The molecular formula is C22H18N2O2. The van der Waals surface area contributed by atoms with Crippen LogP contribution in [0.3, 0.4) is 0 Å². The van der Waals surface area contributed by atoms with Gasteiger partial charge in [0.15, 0.2) is 0 Å². The highest BCUT2D eigenvalue weighted by molar-refractivity contribution is 5.94. The van der Waals surface area contributed by atoms with Gasteiger partial charge in [-0.15, -0.1) is 0 Å². The summed E-state index contributed by atoms with van der Waals surface area (Å²) in [7, 11) is 1.61. The molecule has 0 atom stereocenters. The van der Waals surface area contributed by atoms with Crippen molar-refractivity contribution in [1.29, 1.82) is 5.26 Å². The number of rotatable bonds is 5. The summed E-state index contributed by atoms with van der Waals surface area (Å²) in [5, 5.41) is 11.5. The van der Waals surface area contributed by atoms with Gasteiger partial charge in [0.1, 0.15) is 12.4 Å². The molecule has 1 N–H and O–H groups in total. The van der Waals surface area contributed by atoms with Crippen LogP contribution in [0, 0.1) is 11.3 Å². The molecule has 3 aromatic rings. The lowest BCUT2D eigenvalue weighted by Crippen LogP contribution is -2.17. The quantitative estimate of drug-likeness (QED) is 0.757. The molecule has 0 saturated heterocycles. The molecule has 3 aromatic carbocycles. The van der Waals surface area contributed by atoms with E-state index in [4.69, 9.17) is 10.00 Å². The zero-order valence-electron chi connectivity index (χ0n) is 14.4. The standard InChI is InChI=1S/C22H18N2O2/c1-24-22(25)20-4-2-3-17(13-20)15-26-21-11-9-19(10-12-21)18-7-5-16(14-23)6-8-18/h2-13H,15H2,1H3,(H,24,25). The topological polar surface area (TPSA) is 62.1 Å². The Balaban J connectivity index is 1.66. The first-order valence-electron chi connectivity index (χ1n) is 8.24. The lowest BCUT2D eigenvalue weighted by Gasteiger charge is -2.09. The third kappa shape index (κ3) is 4.08. The minimum absolute atomic E-state index is 0.112. The van der Waals surface area contributed by atoms with E-state index in [-0.39, 0.29) is 5.91 Å². The lowest BCUT2D eigenvalue weighted by atomic mass is 10.0. The molecule has 0 spiro atoms. The van der Waals surface area contributed by atoms with Gasteiger partial charge in [0.2, 0.25) is 0 Å². The monoisotopic (exact) mass is 342 g/mol. The van der Waals surface area contributed by atoms with Crippen LogP contribution in [0.2, 0.25) is 0 Å². The summed E-state index contributed by atoms with van der Waals surface area (Å²) in [6.07, 6.45) is 0. The fraction of sp³-hybridized carbons (Fsp3) is 0.0909. The van der Waals surface area contributed by atoms with E-state index in [2.05, 4.69) is 11.4 Å². The van der Waals surface area contributed by atoms with Crippen molar-refractivity contribution in [2.75, 3.05) is 7.05 Å². The van der Waals surface area contributed by atoms with Gasteiger partial charge in [-0.3, -0.25) is 4.79 Å². The number of amides is 1. The van der Waals surface area contributed by atoms with Gasteiger partial charge in [0, 0.05) is 12.6 Å². The summed E-state index contributed by atoms with van der Waals surface area (Å²) in [6, 6.07) is 24.7.